The fourth-order valence-corrected chi connectivity index (χ4v) is 3.04. The lowest BCUT2D eigenvalue weighted by Crippen LogP contribution is -2.41. The van der Waals surface area contributed by atoms with Crippen LogP contribution in [-0.4, -0.2) is 35.7 Å². The van der Waals surface area contributed by atoms with Crippen LogP contribution in [0.25, 0.3) is 0 Å². The van der Waals surface area contributed by atoms with E-state index >= 15 is 0 Å². The SMILES string of the molecule is NC(=O)C1CCN(C(=O)c2ccc(NC(=O)c3ccccc3)cc2)CC1. The smallest absolute Gasteiger partial charge is 0.255 e. The molecule has 3 rings (SSSR count). The van der Waals surface area contributed by atoms with Gasteiger partial charge in [0.15, 0.2) is 0 Å². The summed E-state index contributed by atoms with van der Waals surface area (Å²) in [6.07, 6.45) is 1.21. The molecule has 0 radical (unpaired) electrons. The maximum Gasteiger partial charge on any atom is 0.255 e. The summed E-state index contributed by atoms with van der Waals surface area (Å²) >= 11 is 0. The van der Waals surface area contributed by atoms with Gasteiger partial charge in [-0.05, 0) is 49.2 Å². The minimum atomic E-state index is -0.296. The van der Waals surface area contributed by atoms with Crippen molar-refractivity contribution in [1.82, 2.24) is 4.90 Å². The Morgan fingerprint density at radius 3 is 2.08 bits per heavy atom. The molecule has 6 heteroatoms. The van der Waals surface area contributed by atoms with E-state index in [9.17, 15) is 14.4 Å². The van der Waals surface area contributed by atoms with Gasteiger partial charge in [-0.25, -0.2) is 0 Å². The van der Waals surface area contributed by atoms with Crippen LogP contribution in [0.5, 0.6) is 0 Å². The van der Waals surface area contributed by atoms with E-state index in [1.54, 1.807) is 53.4 Å². The lowest BCUT2D eigenvalue weighted by molar-refractivity contribution is -0.123. The largest absolute Gasteiger partial charge is 0.369 e. The predicted octanol–water partition coefficient (Wildman–Crippen LogP) is 2.28. The van der Waals surface area contributed by atoms with Crippen molar-refractivity contribution in [2.75, 3.05) is 18.4 Å². The highest BCUT2D eigenvalue weighted by Crippen LogP contribution is 2.19. The molecule has 0 bridgehead atoms. The minimum Gasteiger partial charge on any atom is -0.369 e. The van der Waals surface area contributed by atoms with Gasteiger partial charge in [-0.15, -0.1) is 0 Å². The minimum absolute atomic E-state index is 0.0751. The molecule has 134 valence electrons. The van der Waals surface area contributed by atoms with Gasteiger partial charge in [-0.1, -0.05) is 18.2 Å². The van der Waals surface area contributed by atoms with Crippen molar-refractivity contribution in [2.24, 2.45) is 11.7 Å². The number of nitrogens with two attached hydrogens (primary N) is 1. The Hall–Kier alpha value is -3.15. The second-order valence-corrected chi connectivity index (χ2v) is 6.37. The molecule has 3 N–H and O–H groups in total. The van der Waals surface area contributed by atoms with E-state index in [-0.39, 0.29) is 23.6 Å². The van der Waals surface area contributed by atoms with Crippen molar-refractivity contribution >= 4 is 23.4 Å². The number of rotatable bonds is 4. The zero-order valence-corrected chi connectivity index (χ0v) is 14.4. The van der Waals surface area contributed by atoms with Gasteiger partial charge in [-0.2, -0.15) is 0 Å². The Kier molecular flexibility index (Phi) is 5.31. The molecule has 0 spiro atoms. The maximum absolute atomic E-state index is 12.6. The van der Waals surface area contributed by atoms with Crippen LogP contribution in [0.4, 0.5) is 5.69 Å². The van der Waals surface area contributed by atoms with Crippen LogP contribution < -0.4 is 11.1 Å². The first-order valence-corrected chi connectivity index (χ1v) is 8.59. The Balaban J connectivity index is 1.60. The van der Waals surface area contributed by atoms with Gasteiger partial charge in [0, 0.05) is 35.8 Å². The summed E-state index contributed by atoms with van der Waals surface area (Å²) in [5, 5.41) is 2.81. The Bertz CT molecular complexity index is 795. The molecule has 1 saturated heterocycles. The third-order valence-electron chi connectivity index (χ3n) is 4.61. The molecule has 3 amide bonds. The first-order valence-electron chi connectivity index (χ1n) is 8.59. The zero-order valence-electron chi connectivity index (χ0n) is 14.4. The summed E-state index contributed by atoms with van der Waals surface area (Å²) in [6, 6.07) is 15.8. The van der Waals surface area contributed by atoms with E-state index in [2.05, 4.69) is 5.32 Å². The molecule has 1 fully saturated rings. The van der Waals surface area contributed by atoms with Crippen LogP contribution in [0.3, 0.4) is 0 Å². The van der Waals surface area contributed by atoms with E-state index in [0.717, 1.165) is 0 Å². The number of nitrogens with zero attached hydrogens (tertiary/aromatic N) is 1. The molecule has 1 heterocycles. The standard InChI is InChI=1S/C20H21N3O3/c21-18(24)14-10-12-23(13-11-14)20(26)16-6-8-17(9-7-16)22-19(25)15-4-2-1-3-5-15/h1-9,14H,10-13H2,(H2,21,24)(H,22,25). The van der Waals surface area contributed by atoms with Gasteiger partial charge < -0.3 is 16.0 Å². The van der Waals surface area contributed by atoms with Gasteiger partial charge in [0.05, 0.1) is 0 Å². The highest BCUT2D eigenvalue weighted by molar-refractivity contribution is 6.04. The van der Waals surface area contributed by atoms with Crippen molar-refractivity contribution in [2.45, 2.75) is 12.8 Å². The Morgan fingerprint density at radius 2 is 1.50 bits per heavy atom. The van der Waals surface area contributed by atoms with E-state index in [1.807, 2.05) is 6.07 Å². The Morgan fingerprint density at radius 1 is 0.885 bits per heavy atom. The summed E-state index contributed by atoms with van der Waals surface area (Å²) in [4.78, 5) is 37.6. The van der Waals surface area contributed by atoms with E-state index in [0.29, 0.717) is 42.7 Å². The molecule has 0 saturated carbocycles. The fraction of sp³-hybridized carbons (Fsp3) is 0.250. The number of carbonyl (C=O) groups is 3. The molecular weight excluding hydrogens is 330 g/mol. The third-order valence-corrected chi connectivity index (χ3v) is 4.61. The number of carbonyl (C=O) groups excluding carboxylic acids is 3. The van der Waals surface area contributed by atoms with Crippen LogP contribution in [0.2, 0.25) is 0 Å². The molecule has 0 unspecified atom stereocenters. The molecule has 1 aliphatic heterocycles. The number of hydrogen-bond donors (Lipinski definition) is 2. The van der Waals surface area contributed by atoms with Gasteiger partial charge in [0.2, 0.25) is 5.91 Å². The zero-order chi connectivity index (χ0) is 18.5. The van der Waals surface area contributed by atoms with Crippen molar-refractivity contribution in [1.29, 1.82) is 0 Å². The van der Waals surface area contributed by atoms with E-state index in [1.165, 1.54) is 0 Å². The van der Waals surface area contributed by atoms with Crippen molar-refractivity contribution in [3.63, 3.8) is 0 Å². The molecule has 1 aliphatic rings. The number of amides is 3. The summed E-state index contributed by atoms with van der Waals surface area (Å²) in [6.45, 7) is 1.05. The second kappa shape index (κ2) is 7.82. The van der Waals surface area contributed by atoms with Gasteiger partial charge >= 0.3 is 0 Å². The van der Waals surface area contributed by atoms with Crippen LogP contribution >= 0.6 is 0 Å². The maximum atomic E-state index is 12.6. The summed E-state index contributed by atoms with van der Waals surface area (Å²) in [7, 11) is 0. The number of nitrogens with one attached hydrogen (secondary N) is 1. The molecule has 0 aromatic heterocycles. The Labute approximate surface area is 152 Å². The average Bonchev–Trinajstić information content (AvgIpc) is 2.69. The molecule has 0 atom stereocenters. The molecular formula is C20H21N3O3. The van der Waals surface area contributed by atoms with E-state index in [4.69, 9.17) is 5.73 Å². The number of hydrogen-bond acceptors (Lipinski definition) is 3. The van der Waals surface area contributed by atoms with Gasteiger partial charge in [0.25, 0.3) is 11.8 Å². The van der Waals surface area contributed by atoms with Crippen molar-refractivity contribution < 1.29 is 14.4 Å². The number of primary amides is 1. The first kappa shape index (κ1) is 17.7. The predicted molar refractivity (Wildman–Crippen MR) is 98.7 cm³/mol. The lowest BCUT2D eigenvalue weighted by Gasteiger charge is -2.30. The lowest BCUT2D eigenvalue weighted by atomic mass is 9.96. The van der Waals surface area contributed by atoms with Crippen molar-refractivity contribution in [3.05, 3.63) is 65.7 Å². The third kappa shape index (κ3) is 4.08. The number of benzene rings is 2. The van der Waals surface area contributed by atoms with Crippen molar-refractivity contribution in [3.8, 4) is 0 Å². The quantitative estimate of drug-likeness (QED) is 0.885. The summed E-state index contributed by atoms with van der Waals surface area (Å²) < 4.78 is 0. The normalized spacial score (nSPS) is 14.7. The number of piperidine rings is 1. The topological polar surface area (TPSA) is 92.5 Å². The van der Waals surface area contributed by atoms with Crippen LogP contribution in [0.15, 0.2) is 54.6 Å². The fourth-order valence-electron chi connectivity index (χ4n) is 3.04. The summed E-state index contributed by atoms with van der Waals surface area (Å²) in [5.41, 5.74) is 7.08. The number of likely N-dealkylation sites (tertiary alicyclic amines) is 1. The van der Waals surface area contributed by atoms with Crippen LogP contribution in [0.1, 0.15) is 33.6 Å². The molecule has 6 nitrogen and oxygen atoms in total. The van der Waals surface area contributed by atoms with Gasteiger partial charge in [-0.3, -0.25) is 14.4 Å². The molecule has 26 heavy (non-hydrogen) atoms. The highest BCUT2D eigenvalue weighted by atomic mass is 16.2. The summed E-state index contributed by atoms with van der Waals surface area (Å²) in [5.74, 6) is -0.711. The van der Waals surface area contributed by atoms with Crippen LogP contribution in [-0.2, 0) is 4.79 Å². The average molecular weight is 351 g/mol. The molecule has 2 aromatic carbocycles. The molecule has 2 aromatic rings. The monoisotopic (exact) mass is 351 g/mol. The highest BCUT2D eigenvalue weighted by Gasteiger charge is 2.26. The van der Waals surface area contributed by atoms with Crippen LogP contribution in [0, 0.1) is 5.92 Å². The number of anilines is 1. The van der Waals surface area contributed by atoms with E-state index < -0.39 is 0 Å². The second-order valence-electron chi connectivity index (χ2n) is 6.37. The molecule has 0 aliphatic carbocycles. The van der Waals surface area contributed by atoms with Gasteiger partial charge in [0.1, 0.15) is 0 Å². The first-order chi connectivity index (χ1) is 12.5.